The summed E-state index contributed by atoms with van der Waals surface area (Å²) in [6, 6.07) is 8.31. The average Bonchev–Trinajstić information content (AvgIpc) is 2.26. The molecule has 1 amide bonds. The molecule has 0 aliphatic carbocycles. The molecule has 0 atom stereocenters. The molecule has 0 aliphatic heterocycles. The summed E-state index contributed by atoms with van der Waals surface area (Å²) in [6.45, 7) is 5.83. The van der Waals surface area contributed by atoms with E-state index in [4.69, 9.17) is 0 Å². The quantitative estimate of drug-likeness (QED) is 0.871. The minimum Gasteiger partial charge on any atom is -0.389 e. The van der Waals surface area contributed by atoms with Gasteiger partial charge in [0.2, 0.25) is 5.91 Å². The molecule has 0 heterocycles. The largest absolute Gasteiger partial charge is 0.389 e. The van der Waals surface area contributed by atoms with E-state index in [1.807, 2.05) is 6.07 Å². The summed E-state index contributed by atoms with van der Waals surface area (Å²) in [4.78, 5) is 13.5. The van der Waals surface area contributed by atoms with E-state index in [-0.39, 0.29) is 5.91 Å². The number of carbonyl (C=O) groups is 1. The molecule has 0 saturated carbocycles. The Bertz CT molecular complexity index is 426. The Kier molecular flexibility index (Phi) is 5.88. The van der Waals surface area contributed by atoms with Crippen molar-refractivity contribution < 1.29 is 9.90 Å². The van der Waals surface area contributed by atoms with Gasteiger partial charge < -0.3 is 10.0 Å². The number of aliphatic hydroxyl groups is 1. The van der Waals surface area contributed by atoms with E-state index in [0.29, 0.717) is 12.3 Å². The highest BCUT2D eigenvalue weighted by molar-refractivity contribution is 7.99. The normalized spacial score (nSPS) is 11.4. The second-order valence-electron chi connectivity index (χ2n) is 5.54. The Morgan fingerprint density at radius 1 is 1.42 bits per heavy atom. The fourth-order valence-corrected chi connectivity index (χ4v) is 2.75. The molecule has 0 spiro atoms. The molecule has 1 aromatic carbocycles. The van der Waals surface area contributed by atoms with E-state index in [1.54, 1.807) is 37.6 Å². The lowest BCUT2D eigenvalue weighted by Gasteiger charge is -2.25. The van der Waals surface area contributed by atoms with Gasteiger partial charge in [-0.1, -0.05) is 29.8 Å². The Balaban J connectivity index is 2.35. The lowest BCUT2D eigenvalue weighted by molar-refractivity contribution is -0.129. The van der Waals surface area contributed by atoms with Crippen LogP contribution in [0.25, 0.3) is 0 Å². The summed E-state index contributed by atoms with van der Waals surface area (Å²) in [6.07, 6.45) is 0. The van der Waals surface area contributed by atoms with Crippen LogP contribution in [-0.2, 0) is 10.5 Å². The minimum atomic E-state index is -0.842. The molecule has 4 heteroatoms. The highest BCUT2D eigenvalue weighted by Crippen LogP contribution is 2.14. The molecule has 1 N–H and O–H groups in total. The molecule has 0 fully saturated rings. The van der Waals surface area contributed by atoms with Gasteiger partial charge in [0, 0.05) is 19.3 Å². The molecule has 3 nitrogen and oxygen atoms in total. The van der Waals surface area contributed by atoms with Crippen molar-refractivity contribution >= 4 is 17.7 Å². The molecular weight excluding hydrogens is 258 g/mol. The van der Waals surface area contributed by atoms with E-state index in [1.165, 1.54) is 11.1 Å². The molecule has 1 rings (SSSR count). The van der Waals surface area contributed by atoms with Crippen molar-refractivity contribution in [3.05, 3.63) is 35.4 Å². The molecule has 0 aromatic heterocycles. The zero-order valence-electron chi connectivity index (χ0n) is 12.1. The second-order valence-corrected chi connectivity index (χ2v) is 6.53. The first-order chi connectivity index (χ1) is 8.78. The van der Waals surface area contributed by atoms with Crippen molar-refractivity contribution in [3.8, 4) is 0 Å². The van der Waals surface area contributed by atoms with Gasteiger partial charge in [-0.2, -0.15) is 0 Å². The van der Waals surface area contributed by atoms with Crippen molar-refractivity contribution in [2.24, 2.45) is 0 Å². The first-order valence-corrected chi connectivity index (χ1v) is 7.53. The van der Waals surface area contributed by atoms with E-state index < -0.39 is 5.60 Å². The predicted octanol–water partition coefficient (Wildman–Crippen LogP) is 2.46. The van der Waals surface area contributed by atoms with E-state index >= 15 is 0 Å². The molecule has 0 unspecified atom stereocenters. The zero-order chi connectivity index (χ0) is 14.5. The maximum Gasteiger partial charge on any atom is 0.232 e. The van der Waals surface area contributed by atoms with Crippen LogP contribution in [0.1, 0.15) is 25.0 Å². The number of aryl methyl sites for hydroxylation is 1. The number of carbonyl (C=O) groups excluding carboxylic acids is 1. The van der Waals surface area contributed by atoms with Crippen molar-refractivity contribution in [3.63, 3.8) is 0 Å². The van der Waals surface area contributed by atoms with Gasteiger partial charge >= 0.3 is 0 Å². The summed E-state index contributed by atoms with van der Waals surface area (Å²) in [5.41, 5.74) is 1.64. The van der Waals surface area contributed by atoms with E-state index in [0.717, 1.165) is 5.75 Å². The number of rotatable bonds is 6. The maximum absolute atomic E-state index is 11.9. The van der Waals surface area contributed by atoms with Gasteiger partial charge in [-0.05, 0) is 26.3 Å². The number of nitrogens with zero attached hydrogens (tertiary/aromatic N) is 1. The summed E-state index contributed by atoms with van der Waals surface area (Å²) in [5, 5.41) is 9.67. The summed E-state index contributed by atoms with van der Waals surface area (Å²) in [7, 11) is 1.73. The molecular formula is C15H23NO2S. The van der Waals surface area contributed by atoms with Gasteiger partial charge in [0.15, 0.2) is 0 Å². The van der Waals surface area contributed by atoms with Gasteiger partial charge in [0.25, 0.3) is 0 Å². The van der Waals surface area contributed by atoms with Crippen LogP contribution < -0.4 is 0 Å². The van der Waals surface area contributed by atoms with E-state index in [2.05, 4.69) is 25.1 Å². The Morgan fingerprint density at radius 3 is 2.68 bits per heavy atom. The number of thioether (sulfide) groups is 1. The van der Waals surface area contributed by atoms with Crippen LogP contribution in [0.15, 0.2) is 24.3 Å². The molecule has 0 saturated heterocycles. The molecule has 106 valence electrons. The third-order valence-electron chi connectivity index (χ3n) is 2.63. The molecule has 0 radical (unpaired) electrons. The van der Waals surface area contributed by atoms with E-state index in [9.17, 15) is 9.90 Å². The summed E-state index contributed by atoms with van der Waals surface area (Å²) >= 11 is 1.60. The van der Waals surface area contributed by atoms with Gasteiger partial charge in [-0.25, -0.2) is 0 Å². The number of hydrogen-bond acceptors (Lipinski definition) is 3. The number of benzene rings is 1. The van der Waals surface area contributed by atoms with Gasteiger partial charge in [0.1, 0.15) is 0 Å². The lowest BCUT2D eigenvalue weighted by atomic mass is 10.1. The van der Waals surface area contributed by atoms with Crippen molar-refractivity contribution in [1.29, 1.82) is 0 Å². The Labute approximate surface area is 120 Å². The minimum absolute atomic E-state index is 0.0554. The fraction of sp³-hybridized carbons (Fsp3) is 0.533. The highest BCUT2D eigenvalue weighted by Gasteiger charge is 2.18. The van der Waals surface area contributed by atoms with Crippen LogP contribution in [0.4, 0.5) is 0 Å². The zero-order valence-corrected chi connectivity index (χ0v) is 13.0. The van der Waals surface area contributed by atoms with Crippen molar-refractivity contribution in [2.75, 3.05) is 19.3 Å². The second kappa shape index (κ2) is 6.96. The first kappa shape index (κ1) is 16.1. The lowest BCUT2D eigenvalue weighted by Crippen LogP contribution is -2.40. The van der Waals surface area contributed by atoms with Crippen molar-refractivity contribution in [2.45, 2.75) is 32.1 Å². The predicted molar refractivity (Wildman–Crippen MR) is 81.3 cm³/mol. The molecule has 19 heavy (non-hydrogen) atoms. The van der Waals surface area contributed by atoms with Crippen LogP contribution >= 0.6 is 11.8 Å². The van der Waals surface area contributed by atoms with Crippen LogP contribution in [0.2, 0.25) is 0 Å². The summed E-state index contributed by atoms with van der Waals surface area (Å²) in [5.74, 6) is 1.34. The number of hydrogen-bond donors (Lipinski definition) is 1. The topological polar surface area (TPSA) is 40.5 Å². The monoisotopic (exact) mass is 281 g/mol. The SMILES string of the molecule is Cc1cccc(CSCC(=O)N(C)CC(C)(C)O)c1. The van der Waals surface area contributed by atoms with Gasteiger partial charge in [-0.15, -0.1) is 11.8 Å². The molecule has 0 aliphatic rings. The third-order valence-corrected chi connectivity index (χ3v) is 3.62. The van der Waals surface area contributed by atoms with Crippen LogP contribution in [0.5, 0.6) is 0 Å². The standard InChI is InChI=1S/C15H23NO2S/c1-12-6-5-7-13(8-12)9-19-10-14(17)16(4)11-15(2,3)18/h5-8,18H,9-11H2,1-4H3. The third kappa shape index (κ3) is 6.64. The molecule has 1 aromatic rings. The number of amides is 1. The number of likely N-dealkylation sites (N-methyl/N-ethyl adjacent to an activating group) is 1. The van der Waals surface area contributed by atoms with Crippen LogP contribution in [0.3, 0.4) is 0 Å². The summed E-state index contributed by atoms with van der Waals surface area (Å²) < 4.78 is 0. The maximum atomic E-state index is 11.9. The highest BCUT2D eigenvalue weighted by atomic mass is 32.2. The molecule has 0 bridgehead atoms. The Morgan fingerprint density at radius 2 is 2.11 bits per heavy atom. The van der Waals surface area contributed by atoms with Crippen molar-refractivity contribution in [1.82, 2.24) is 4.90 Å². The first-order valence-electron chi connectivity index (χ1n) is 6.37. The van der Waals surface area contributed by atoms with Crippen LogP contribution in [-0.4, -0.2) is 40.9 Å². The van der Waals surface area contributed by atoms with Gasteiger partial charge in [0.05, 0.1) is 11.4 Å². The average molecular weight is 281 g/mol. The van der Waals surface area contributed by atoms with Crippen LogP contribution in [0, 0.1) is 6.92 Å². The fourth-order valence-electron chi connectivity index (χ4n) is 1.84. The van der Waals surface area contributed by atoms with Gasteiger partial charge in [-0.3, -0.25) is 4.79 Å². The Hall–Kier alpha value is -1.00. The smallest absolute Gasteiger partial charge is 0.232 e.